The van der Waals surface area contributed by atoms with Crippen molar-refractivity contribution in [3.05, 3.63) is 30.1 Å². The quantitative estimate of drug-likeness (QED) is 0.820. The third kappa shape index (κ3) is 3.53. The molecule has 4 heteroatoms. The fraction of sp³-hybridized carbons (Fsp3) is 0.667. The van der Waals surface area contributed by atoms with Crippen molar-refractivity contribution in [1.29, 1.82) is 0 Å². The highest BCUT2D eigenvalue weighted by Gasteiger charge is 2.33. The van der Waals surface area contributed by atoms with Crippen LogP contribution in [0.25, 0.3) is 0 Å². The van der Waals surface area contributed by atoms with E-state index < -0.39 is 0 Å². The minimum absolute atomic E-state index is 0.0823. The zero-order valence-electron chi connectivity index (χ0n) is 11.7. The minimum atomic E-state index is 0.0823. The highest BCUT2D eigenvalue weighted by atomic mass is 16.2. The highest BCUT2D eigenvalue weighted by Crippen LogP contribution is 2.32. The van der Waals surface area contributed by atoms with E-state index in [1.807, 2.05) is 12.3 Å². The van der Waals surface area contributed by atoms with Gasteiger partial charge < -0.3 is 10.8 Å². The molecule has 2 heterocycles. The molecule has 1 saturated heterocycles. The van der Waals surface area contributed by atoms with Crippen molar-refractivity contribution in [1.82, 2.24) is 9.88 Å². The Balaban J connectivity index is 2.14. The normalized spacial score (nSPS) is 23.4. The number of rotatable bonds is 6. The number of aliphatic hydroxyl groups excluding tert-OH is 1. The van der Waals surface area contributed by atoms with E-state index >= 15 is 0 Å². The molecule has 0 aliphatic carbocycles. The molecule has 1 aromatic heterocycles. The summed E-state index contributed by atoms with van der Waals surface area (Å²) in [6.45, 7) is 3.44. The van der Waals surface area contributed by atoms with Crippen molar-refractivity contribution in [3.63, 3.8) is 0 Å². The molecule has 1 aliphatic rings. The lowest BCUT2D eigenvalue weighted by Gasteiger charge is -2.35. The van der Waals surface area contributed by atoms with Crippen LogP contribution in [-0.4, -0.2) is 40.2 Å². The molecular weight excluding hydrogens is 238 g/mol. The summed E-state index contributed by atoms with van der Waals surface area (Å²) in [4.78, 5) is 6.74. The van der Waals surface area contributed by atoms with E-state index in [9.17, 15) is 0 Å². The first-order chi connectivity index (χ1) is 9.24. The first kappa shape index (κ1) is 14.4. The maximum atomic E-state index is 9.02. The van der Waals surface area contributed by atoms with E-state index in [-0.39, 0.29) is 18.7 Å². The van der Waals surface area contributed by atoms with E-state index in [1.54, 1.807) is 6.20 Å². The van der Waals surface area contributed by atoms with Crippen molar-refractivity contribution in [3.8, 4) is 0 Å². The summed E-state index contributed by atoms with van der Waals surface area (Å²) in [5.74, 6) is 0. The molecule has 3 N–H and O–H groups in total. The molecule has 3 atom stereocenters. The van der Waals surface area contributed by atoms with Crippen LogP contribution in [0.3, 0.4) is 0 Å². The van der Waals surface area contributed by atoms with Gasteiger partial charge in [-0.3, -0.25) is 9.88 Å². The smallest absolute Gasteiger partial charge is 0.0514 e. The summed E-state index contributed by atoms with van der Waals surface area (Å²) in [5.41, 5.74) is 7.42. The lowest BCUT2D eigenvalue weighted by Crippen LogP contribution is -2.42. The van der Waals surface area contributed by atoms with Crippen molar-refractivity contribution in [2.75, 3.05) is 13.2 Å². The van der Waals surface area contributed by atoms with E-state index in [1.165, 1.54) is 18.4 Å². The number of aromatic nitrogens is 1. The molecule has 0 amide bonds. The zero-order valence-corrected chi connectivity index (χ0v) is 11.7. The van der Waals surface area contributed by atoms with Crippen LogP contribution in [0.15, 0.2) is 24.5 Å². The van der Waals surface area contributed by atoms with Gasteiger partial charge in [0.2, 0.25) is 0 Å². The second-order valence-electron chi connectivity index (χ2n) is 5.49. The van der Waals surface area contributed by atoms with Gasteiger partial charge in [0.1, 0.15) is 0 Å². The average molecular weight is 263 g/mol. The molecule has 0 saturated carbocycles. The van der Waals surface area contributed by atoms with E-state index in [4.69, 9.17) is 10.8 Å². The Labute approximate surface area is 115 Å². The molecule has 1 fully saturated rings. The topological polar surface area (TPSA) is 62.4 Å². The number of nitrogens with zero attached hydrogens (tertiary/aromatic N) is 2. The monoisotopic (exact) mass is 263 g/mol. The van der Waals surface area contributed by atoms with Crippen LogP contribution < -0.4 is 5.73 Å². The van der Waals surface area contributed by atoms with Crippen LogP contribution in [0.5, 0.6) is 0 Å². The van der Waals surface area contributed by atoms with Crippen LogP contribution in [-0.2, 0) is 0 Å². The van der Waals surface area contributed by atoms with Crippen molar-refractivity contribution < 1.29 is 5.11 Å². The summed E-state index contributed by atoms with van der Waals surface area (Å²) in [6.07, 6.45) is 8.09. The van der Waals surface area contributed by atoms with Gasteiger partial charge in [-0.25, -0.2) is 0 Å². The molecular formula is C15H25N3O. The molecule has 0 spiro atoms. The molecule has 0 bridgehead atoms. The number of pyridine rings is 1. The van der Waals surface area contributed by atoms with Gasteiger partial charge in [0.15, 0.2) is 0 Å². The standard InChI is InChI=1S/C15H25N3O/c1-12(16)15(13-5-2-8-17-11-13)18-9-3-6-14(18)7-4-10-19/h2,5,8,11-12,14-15,19H,3-4,6-7,9-10,16H2,1H3. The number of likely N-dealkylation sites (tertiary alicyclic amines) is 1. The lowest BCUT2D eigenvalue weighted by molar-refractivity contribution is 0.145. The Hall–Kier alpha value is -0.970. The van der Waals surface area contributed by atoms with Crippen molar-refractivity contribution in [2.45, 2.75) is 50.7 Å². The molecule has 3 unspecified atom stereocenters. The molecule has 4 nitrogen and oxygen atoms in total. The summed E-state index contributed by atoms with van der Waals surface area (Å²) in [5, 5.41) is 9.02. The Bertz CT molecular complexity index is 369. The first-order valence-electron chi connectivity index (χ1n) is 7.26. The molecule has 0 aromatic carbocycles. The number of nitrogens with two attached hydrogens (primary N) is 1. The highest BCUT2D eigenvalue weighted by molar-refractivity contribution is 5.17. The Morgan fingerprint density at radius 2 is 2.42 bits per heavy atom. The fourth-order valence-corrected chi connectivity index (χ4v) is 3.21. The number of hydrogen-bond donors (Lipinski definition) is 2. The third-order valence-electron chi connectivity index (χ3n) is 4.00. The van der Waals surface area contributed by atoms with E-state index in [2.05, 4.69) is 22.9 Å². The van der Waals surface area contributed by atoms with Crippen molar-refractivity contribution in [2.24, 2.45) is 5.73 Å². The van der Waals surface area contributed by atoms with Crippen LogP contribution >= 0.6 is 0 Å². The van der Waals surface area contributed by atoms with Crippen molar-refractivity contribution >= 4 is 0 Å². The Morgan fingerprint density at radius 1 is 1.58 bits per heavy atom. The predicted octanol–water partition coefficient (Wildman–Crippen LogP) is 1.71. The summed E-state index contributed by atoms with van der Waals surface area (Å²) in [6, 6.07) is 4.95. The second kappa shape index (κ2) is 6.98. The Morgan fingerprint density at radius 3 is 3.05 bits per heavy atom. The van der Waals surface area contributed by atoms with Gasteiger partial charge in [0.25, 0.3) is 0 Å². The van der Waals surface area contributed by atoms with Gasteiger partial charge in [-0.05, 0) is 50.8 Å². The fourth-order valence-electron chi connectivity index (χ4n) is 3.21. The molecule has 19 heavy (non-hydrogen) atoms. The van der Waals surface area contributed by atoms with Gasteiger partial charge in [-0.15, -0.1) is 0 Å². The SMILES string of the molecule is CC(N)C(c1cccnc1)N1CCCC1CCCO. The van der Waals surface area contributed by atoms with E-state index in [0.29, 0.717) is 6.04 Å². The van der Waals surface area contributed by atoms with Crippen LogP contribution in [0, 0.1) is 0 Å². The van der Waals surface area contributed by atoms with Gasteiger partial charge in [-0.2, -0.15) is 0 Å². The molecule has 0 radical (unpaired) electrons. The molecule has 1 aromatic rings. The van der Waals surface area contributed by atoms with E-state index in [0.717, 1.165) is 19.4 Å². The largest absolute Gasteiger partial charge is 0.396 e. The molecule has 2 rings (SSSR count). The summed E-state index contributed by atoms with van der Waals surface area (Å²) >= 11 is 0. The second-order valence-corrected chi connectivity index (χ2v) is 5.49. The molecule has 106 valence electrons. The van der Waals surface area contributed by atoms with Gasteiger partial charge in [0, 0.05) is 31.1 Å². The number of aliphatic hydroxyl groups is 1. The number of hydrogen-bond acceptors (Lipinski definition) is 4. The third-order valence-corrected chi connectivity index (χ3v) is 4.00. The average Bonchev–Trinajstić information content (AvgIpc) is 2.85. The zero-order chi connectivity index (χ0) is 13.7. The summed E-state index contributed by atoms with van der Waals surface area (Å²) < 4.78 is 0. The van der Waals surface area contributed by atoms with Gasteiger partial charge >= 0.3 is 0 Å². The summed E-state index contributed by atoms with van der Waals surface area (Å²) in [7, 11) is 0. The van der Waals surface area contributed by atoms with Crippen LogP contribution in [0.2, 0.25) is 0 Å². The lowest BCUT2D eigenvalue weighted by atomic mass is 9.98. The Kier molecular flexibility index (Phi) is 5.31. The van der Waals surface area contributed by atoms with Gasteiger partial charge in [-0.1, -0.05) is 6.07 Å². The van der Waals surface area contributed by atoms with Gasteiger partial charge in [0.05, 0.1) is 6.04 Å². The predicted molar refractivity (Wildman–Crippen MR) is 76.7 cm³/mol. The molecule has 1 aliphatic heterocycles. The first-order valence-corrected chi connectivity index (χ1v) is 7.26. The minimum Gasteiger partial charge on any atom is -0.396 e. The van der Waals surface area contributed by atoms with Crippen LogP contribution in [0.1, 0.15) is 44.2 Å². The maximum absolute atomic E-state index is 9.02. The van der Waals surface area contributed by atoms with Crippen LogP contribution in [0.4, 0.5) is 0 Å². The maximum Gasteiger partial charge on any atom is 0.0514 e.